The molecule has 0 amide bonds. The van der Waals surface area contributed by atoms with Gasteiger partial charge in [0.25, 0.3) is 0 Å². The molecule has 0 radical (unpaired) electrons. The van der Waals surface area contributed by atoms with Crippen LogP contribution in [0, 0.1) is 0 Å². The van der Waals surface area contributed by atoms with Gasteiger partial charge in [-0.3, -0.25) is 0 Å². The van der Waals surface area contributed by atoms with Gasteiger partial charge in [0.15, 0.2) is 11.5 Å². The molecular formula is C16H26BrNO3. The van der Waals surface area contributed by atoms with Crippen LogP contribution in [-0.2, 0) is 11.3 Å². The molecule has 0 spiro atoms. The third-order valence-electron chi connectivity index (χ3n) is 2.78. The van der Waals surface area contributed by atoms with Crippen LogP contribution in [0.2, 0.25) is 0 Å². The maximum atomic E-state index is 5.77. The van der Waals surface area contributed by atoms with E-state index in [2.05, 4.69) is 41.2 Å². The fraction of sp³-hybridized carbons (Fsp3) is 0.625. The highest BCUT2D eigenvalue weighted by Gasteiger charge is 2.12. The van der Waals surface area contributed by atoms with Gasteiger partial charge in [0, 0.05) is 12.6 Å². The number of hydrogen-bond acceptors (Lipinski definition) is 4. The first-order valence-corrected chi connectivity index (χ1v) is 8.07. The second-order valence-electron chi connectivity index (χ2n) is 5.41. The molecule has 5 heteroatoms. The van der Waals surface area contributed by atoms with Gasteiger partial charge in [-0.2, -0.15) is 0 Å². The molecule has 0 saturated carbocycles. The summed E-state index contributed by atoms with van der Waals surface area (Å²) in [5, 5.41) is 3.39. The molecule has 0 aliphatic carbocycles. The Morgan fingerprint density at radius 1 is 1.14 bits per heavy atom. The van der Waals surface area contributed by atoms with Gasteiger partial charge in [0.05, 0.1) is 24.3 Å². The van der Waals surface area contributed by atoms with Crippen molar-refractivity contribution in [2.45, 2.75) is 46.4 Å². The molecule has 21 heavy (non-hydrogen) atoms. The lowest BCUT2D eigenvalue weighted by atomic mass is 10.2. The summed E-state index contributed by atoms with van der Waals surface area (Å²) in [5.74, 6) is 1.45. The first-order valence-electron chi connectivity index (χ1n) is 7.28. The van der Waals surface area contributed by atoms with Crippen molar-refractivity contribution in [1.82, 2.24) is 5.32 Å². The minimum atomic E-state index is 0.212. The summed E-state index contributed by atoms with van der Waals surface area (Å²) < 4.78 is 17.6. The fourth-order valence-electron chi connectivity index (χ4n) is 1.76. The van der Waals surface area contributed by atoms with E-state index >= 15 is 0 Å². The van der Waals surface area contributed by atoms with E-state index in [0.29, 0.717) is 19.3 Å². The molecular weight excluding hydrogens is 334 g/mol. The third kappa shape index (κ3) is 6.68. The Morgan fingerprint density at radius 2 is 1.86 bits per heavy atom. The highest BCUT2D eigenvalue weighted by Crippen LogP contribution is 2.36. The van der Waals surface area contributed by atoms with Crippen molar-refractivity contribution >= 4 is 15.9 Å². The van der Waals surface area contributed by atoms with E-state index in [1.54, 1.807) is 7.11 Å². The molecule has 0 aliphatic rings. The van der Waals surface area contributed by atoms with Gasteiger partial charge in [0.1, 0.15) is 6.61 Å². The largest absolute Gasteiger partial charge is 0.493 e. The molecule has 4 nitrogen and oxygen atoms in total. The maximum absolute atomic E-state index is 5.77. The number of nitrogens with one attached hydrogen (secondary N) is 1. The lowest BCUT2D eigenvalue weighted by Crippen LogP contribution is -2.21. The summed E-state index contributed by atoms with van der Waals surface area (Å²) in [7, 11) is 1.65. The van der Waals surface area contributed by atoms with Crippen LogP contribution in [0.5, 0.6) is 11.5 Å². The standard InChI is InChI=1S/C16H26BrNO3/c1-11(2)18-10-13-8-14(17)16(15(9-13)19-5)21-7-6-20-12(3)4/h8-9,11-12,18H,6-7,10H2,1-5H3. The molecule has 1 aromatic carbocycles. The second-order valence-corrected chi connectivity index (χ2v) is 6.27. The zero-order chi connectivity index (χ0) is 15.8. The van der Waals surface area contributed by atoms with Gasteiger partial charge >= 0.3 is 0 Å². The number of benzene rings is 1. The molecule has 1 rings (SSSR count). The molecule has 1 N–H and O–H groups in total. The fourth-order valence-corrected chi connectivity index (χ4v) is 2.37. The average molecular weight is 360 g/mol. The topological polar surface area (TPSA) is 39.7 Å². The van der Waals surface area contributed by atoms with Crippen LogP contribution in [0.4, 0.5) is 0 Å². The quantitative estimate of drug-likeness (QED) is 0.681. The van der Waals surface area contributed by atoms with Gasteiger partial charge in [-0.25, -0.2) is 0 Å². The van der Waals surface area contributed by atoms with Crippen molar-refractivity contribution in [2.24, 2.45) is 0 Å². The van der Waals surface area contributed by atoms with Crippen LogP contribution in [0.3, 0.4) is 0 Å². The van der Waals surface area contributed by atoms with E-state index in [1.165, 1.54) is 0 Å². The predicted molar refractivity (Wildman–Crippen MR) is 89.3 cm³/mol. The Balaban J connectivity index is 2.70. The molecule has 0 atom stereocenters. The molecule has 0 aromatic heterocycles. The van der Waals surface area contributed by atoms with Gasteiger partial charge in [-0.15, -0.1) is 0 Å². The Kier molecular flexibility index (Phi) is 8.07. The monoisotopic (exact) mass is 359 g/mol. The van der Waals surface area contributed by atoms with Crippen molar-refractivity contribution < 1.29 is 14.2 Å². The van der Waals surface area contributed by atoms with Crippen molar-refractivity contribution in [3.8, 4) is 11.5 Å². The summed E-state index contributed by atoms with van der Waals surface area (Å²) in [5.41, 5.74) is 1.15. The molecule has 0 unspecified atom stereocenters. The minimum absolute atomic E-state index is 0.212. The first-order chi connectivity index (χ1) is 9.93. The molecule has 0 fully saturated rings. The molecule has 0 bridgehead atoms. The molecule has 1 aromatic rings. The van der Waals surface area contributed by atoms with Gasteiger partial charge < -0.3 is 19.5 Å². The highest BCUT2D eigenvalue weighted by atomic mass is 79.9. The molecule has 120 valence electrons. The van der Waals surface area contributed by atoms with Crippen molar-refractivity contribution in [2.75, 3.05) is 20.3 Å². The Labute approximate surface area is 136 Å². The summed E-state index contributed by atoms with van der Waals surface area (Å²) in [6, 6.07) is 4.49. The van der Waals surface area contributed by atoms with Gasteiger partial charge in [-0.05, 0) is 47.5 Å². The van der Waals surface area contributed by atoms with Crippen LogP contribution >= 0.6 is 15.9 Å². The molecule has 0 saturated heterocycles. The summed E-state index contributed by atoms with van der Waals surface area (Å²) >= 11 is 3.55. The van der Waals surface area contributed by atoms with Gasteiger partial charge in [-0.1, -0.05) is 13.8 Å². The summed E-state index contributed by atoms with van der Waals surface area (Å²) in [4.78, 5) is 0. The Morgan fingerprint density at radius 3 is 2.43 bits per heavy atom. The Bertz CT molecular complexity index is 436. The third-order valence-corrected chi connectivity index (χ3v) is 3.37. The summed E-state index contributed by atoms with van der Waals surface area (Å²) in [6.07, 6.45) is 0.212. The number of methoxy groups -OCH3 is 1. The van der Waals surface area contributed by atoms with E-state index in [-0.39, 0.29) is 6.10 Å². The van der Waals surface area contributed by atoms with Crippen LogP contribution in [0.15, 0.2) is 16.6 Å². The number of rotatable bonds is 9. The van der Waals surface area contributed by atoms with Gasteiger partial charge in [0.2, 0.25) is 0 Å². The lowest BCUT2D eigenvalue weighted by Gasteiger charge is -2.16. The zero-order valence-electron chi connectivity index (χ0n) is 13.5. The molecule has 0 aliphatic heterocycles. The maximum Gasteiger partial charge on any atom is 0.175 e. The first kappa shape index (κ1) is 18.3. The van der Waals surface area contributed by atoms with E-state index in [4.69, 9.17) is 14.2 Å². The average Bonchev–Trinajstić information content (AvgIpc) is 2.42. The van der Waals surface area contributed by atoms with Crippen LogP contribution in [0.25, 0.3) is 0 Å². The Hall–Kier alpha value is -0.780. The second kappa shape index (κ2) is 9.28. The van der Waals surface area contributed by atoms with E-state index in [9.17, 15) is 0 Å². The lowest BCUT2D eigenvalue weighted by molar-refractivity contribution is 0.0545. The predicted octanol–water partition coefficient (Wildman–Crippen LogP) is 3.76. The smallest absolute Gasteiger partial charge is 0.175 e. The normalized spacial score (nSPS) is 11.2. The van der Waals surface area contributed by atoms with E-state index in [1.807, 2.05) is 19.9 Å². The van der Waals surface area contributed by atoms with Crippen molar-refractivity contribution in [3.05, 3.63) is 22.2 Å². The van der Waals surface area contributed by atoms with E-state index in [0.717, 1.165) is 28.1 Å². The molecule has 0 heterocycles. The van der Waals surface area contributed by atoms with Crippen molar-refractivity contribution in [3.63, 3.8) is 0 Å². The highest BCUT2D eigenvalue weighted by molar-refractivity contribution is 9.10. The number of ether oxygens (including phenoxy) is 3. The zero-order valence-corrected chi connectivity index (χ0v) is 15.1. The number of hydrogen-bond donors (Lipinski definition) is 1. The van der Waals surface area contributed by atoms with Crippen LogP contribution in [0.1, 0.15) is 33.3 Å². The summed E-state index contributed by atoms with van der Waals surface area (Å²) in [6.45, 7) is 10.1. The van der Waals surface area contributed by atoms with E-state index < -0.39 is 0 Å². The van der Waals surface area contributed by atoms with Crippen LogP contribution < -0.4 is 14.8 Å². The number of halogens is 1. The van der Waals surface area contributed by atoms with Crippen LogP contribution in [-0.4, -0.2) is 32.5 Å². The SMILES string of the molecule is COc1cc(CNC(C)C)cc(Br)c1OCCOC(C)C. The van der Waals surface area contributed by atoms with Crippen molar-refractivity contribution in [1.29, 1.82) is 0 Å². The minimum Gasteiger partial charge on any atom is -0.493 e.